The minimum atomic E-state index is -3.54. The summed E-state index contributed by atoms with van der Waals surface area (Å²) in [5.74, 6) is 0.118. The number of nitrogens with zero attached hydrogens (tertiary/aromatic N) is 1. The van der Waals surface area contributed by atoms with Crippen LogP contribution in [0.4, 0.5) is 5.69 Å². The van der Waals surface area contributed by atoms with E-state index in [1.807, 2.05) is 6.92 Å². The van der Waals surface area contributed by atoms with E-state index in [2.05, 4.69) is 12.2 Å². The van der Waals surface area contributed by atoms with Gasteiger partial charge in [0.1, 0.15) is 5.75 Å². The van der Waals surface area contributed by atoms with Crippen LogP contribution in [0.2, 0.25) is 0 Å². The molecule has 2 aromatic rings. The second kappa shape index (κ2) is 7.70. The molecule has 0 unspecified atom stereocenters. The fourth-order valence-corrected chi connectivity index (χ4v) is 4.56. The van der Waals surface area contributed by atoms with Crippen molar-refractivity contribution in [2.75, 3.05) is 18.4 Å². The van der Waals surface area contributed by atoms with Gasteiger partial charge in [-0.1, -0.05) is 13.0 Å². The molecular formula is C20H24N2O4S. The molecule has 0 aliphatic carbocycles. The maximum Gasteiger partial charge on any atom is 0.255 e. The van der Waals surface area contributed by atoms with E-state index < -0.39 is 15.9 Å². The van der Waals surface area contributed by atoms with Gasteiger partial charge >= 0.3 is 0 Å². The van der Waals surface area contributed by atoms with Gasteiger partial charge in [0, 0.05) is 18.7 Å². The molecule has 27 heavy (non-hydrogen) atoms. The maximum absolute atomic E-state index is 12.7. The van der Waals surface area contributed by atoms with Crippen LogP contribution in [0, 0.1) is 12.8 Å². The summed E-state index contributed by atoms with van der Waals surface area (Å²) >= 11 is 0. The Balaban J connectivity index is 1.73. The van der Waals surface area contributed by atoms with Gasteiger partial charge in [-0.15, -0.1) is 0 Å². The van der Waals surface area contributed by atoms with Gasteiger partial charge < -0.3 is 10.4 Å². The predicted molar refractivity (Wildman–Crippen MR) is 104 cm³/mol. The number of sulfonamides is 1. The van der Waals surface area contributed by atoms with Crippen LogP contribution in [0.5, 0.6) is 5.75 Å². The van der Waals surface area contributed by atoms with E-state index in [-0.39, 0.29) is 10.6 Å². The van der Waals surface area contributed by atoms with Gasteiger partial charge in [0.25, 0.3) is 5.91 Å². The van der Waals surface area contributed by atoms with Crippen LogP contribution in [0.1, 0.15) is 35.7 Å². The van der Waals surface area contributed by atoms with E-state index >= 15 is 0 Å². The molecule has 1 amide bonds. The monoisotopic (exact) mass is 388 g/mol. The Bertz CT molecular complexity index is 931. The van der Waals surface area contributed by atoms with Crippen LogP contribution < -0.4 is 5.32 Å². The number of amides is 1. The number of phenols is 1. The molecule has 7 heteroatoms. The summed E-state index contributed by atoms with van der Waals surface area (Å²) in [6.45, 7) is 5.02. The number of rotatable bonds is 4. The topological polar surface area (TPSA) is 86.7 Å². The number of aryl methyl sites for hydroxylation is 1. The van der Waals surface area contributed by atoms with Crippen LogP contribution in [0.25, 0.3) is 0 Å². The summed E-state index contributed by atoms with van der Waals surface area (Å²) in [6, 6.07) is 10.8. The van der Waals surface area contributed by atoms with E-state index in [1.54, 1.807) is 18.2 Å². The van der Waals surface area contributed by atoms with Gasteiger partial charge in [0.05, 0.1) is 10.6 Å². The summed E-state index contributed by atoms with van der Waals surface area (Å²) in [5.41, 5.74) is 1.51. The lowest BCUT2D eigenvalue weighted by molar-refractivity contribution is 0.102. The highest BCUT2D eigenvalue weighted by molar-refractivity contribution is 7.89. The van der Waals surface area contributed by atoms with Crippen molar-refractivity contribution < 1.29 is 18.3 Å². The average molecular weight is 388 g/mol. The fourth-order valence-electron chi connectivity index (χ4n) is 3.09. The molecule has 1 fully saturated rings. The first-order valence-electron chi connectivity index (χ1n) is 8.98. The van der Waals surface area contributed by atoms with E-state index in [4.69, 9.17) is 0 Å². The maximum atomic E-state index is 12.7. The third-order valence-electron chi connectivity index (χ3n) is 4.90. The molecule has 0 aromatic heterocycles. The number of aromatic hydroxyl groups is 1. The zero-order chi connectivity index (χ0) is 19.6. The van der Waals surface area contributed by atoms with E-state index in [1.165, 1.54) is 28.6 Å². The van der Waals surface area contributed by atoms with Crippen molar-refractivity contribution in [1.82, 2.24) is 4.31 Å². The minimum Gasteiger partial charge on any atom is -0.506 e. The van der Waals surface area contributed by atoms with Crippen molar-refractivity contribution in [3.05, 3.63) is 53.6 Å². The molecule has 1 heterocycles. The van der Waals surface area contributed by atoms with Crippen molar-refractivity contribution in [3.63, 3.8) is 0 Å². The van der Waals surface area contributed by atoms with E-state index in [9.17, 15) is 18.3 Å². The van der Waals surface area contributed by atoms with Gasteiger partial charge in [-0.05, 0) is 67.6 Å². The van der Waals surface area contributed by atoms with Gasteiger partial charge in [-0.2, -0.15) is 4.31 Å². The zero-order valence-corrected chi connectivity index (χ0v) is 16.3. The Morgan fingerprint density at radius 2 is 1.74 bits per heavy atom. The van der Waals surface area contributed by atoms with E-state index in [0.717, 1.165) is 18.4 Å². The van der Waals surface area contributed by atoms with Crippen LogP contribution in [0.15, 0.2) is 47.4 Å². The first-order valence-corrected chi connectivity index (χ1v) is 10.4. The van der Waals surface area contributed by atoms with Crippen molar-refractivity contribution in [1.29, 1.82) is 0 Å². The van der Waals surface area contributed by atoms with Crippen LogP contribution >= 0.6 is 0 Å². The van der Waals surface area contributed by atoms with Crippen molar-refractivity contribution >= 4 is 21.6 Å². The Morgan fingerprint density at radius 3 is 2.33 bits per heavy atom. The Labute approximate surface area is 159 Å². The first kappa shape index (κ1) is 19.4. The molecule has 2 N–H and O–H groups in total. The number of benzene rings is 2. The fraction of sp³-hybridized carbons (Fsp3) is 0.350. The van der Waals surface area contributed by atoms with Crippen molar-refractivity contribution in [3.8, 4) is 5.75 Å². The SMILES string of the molecule is Cc1ccc(NC(=O)c2ccc(S(=O)(=O)N3CCC(C)CC3)cc2)c(O)c1. The first-order chi connectivity index (χ1) is 12.8. The smallest absolute Gasteiger partial charge is 0.255 e. The lowest BCUT2D eigenvalue weighted by atomic mass is 10.0. The molecule has 0 bridgehead atoms. The lowest BCUT2D eigenvalue weighted by Crippen LogP contribution is -2.37. The van der Waals surface area contributed by atoms with Crippen LogP contribution in [-0.4, -0.2) is 36.8 Å². The molecule has 6 nitrogen and oxygen atoms in total. The summed E-state index contributed by atoms with van der Waals surface area (Å²) in [4.78, 5) is 12.6. The van der Waals surface area contributed by atoms with Gasteiger partial charge in [0.15, 0.2) is 0 Å². The number of piperidine rings is 1. The Hall–Kier alpha value is -2.38. The summed E-state index contributed by atoms with van der Waals surface area (Å²) in [5, 5.41) is 12.5. The van der Waals surface area contributed by atoms with Gasteiger partial charge in [-0.3, -0.25) is 4.79 Å². The third-order valence-corrected chi connectivity index (χ3v) is 6.81. The minimum absolute atomic E-state index is 0.0122. The molecule has 0 spiro atoms. The standard InChI is InChI=1S/C20H24N2O4S/c1-14-9-11-22(12-10-14)27(25,26)17-6-4-16(5-7-17)20(24)21-18-8-3-15(2)13-19(18)23/h3-8,13-14,23H,9-12H2,1-2H3,(H,21,24). The third kappa shape index (κ3) is 4.31. The number of phenolic OH excluding ortho intramolecular Hbond substituents is 1. The molecular weight excluding hydrogens is 364 g/mol. The quantitative estimate of drug-likeness (QED) is 0.786. The van der Waals surface area contributed by atoms with E-state index in [0.29, 0.717) is 30.3 Å². The molecule has 144 valence electrons. The molecule has 1 saturated heterocycles. The molecule has 1 aliphatic heterocycles. The molecule has 0 saturated carbocycles. The summed E-state index contributed by atoms with van der Waals surface area (Å²) < 4.78 is 27.0. The lowest BCUT2D eigenvalue weighted by Gasteiger charge is -2.29. The average Bonchev–Trinajstić information content (AvgIpc) is 2.64. The zero-order valence-electron chi connectivity index (χ0n) is 15.5. The Morgan fingerprint density at radius 1 is 1.11 bits per heavy atom. The summed E-state index contributed by atoms with van der Waals surface area (Å²) in [6.07, 6.45) is 1.72. The molecule has 0 radical (unpaired) electrons. The van der Waals surface area contributed by atoms with Crippen molar-refractivity contribution in [2.45, 2.75) is 31.6 Å². The predicted octanol–water partition coefficient (Wildman–Crippen LogP) is 3.37. The van der Waals surface area contributed by atoms with Gasteiger partial charge in [-0.25, -0.2) is 8.42 Å². The highest BCUT2D eigenvalue weighted by Crippen LogP contribution is 2.26. The van der Waals surface area contributed by atoms with Crippen LogP contribution in [0.3, 0.4) is 0 Å². The number of hydrogen-bond acceptors (Lipinski definition) is 4. The van der Waals surface area contributed by atoms with Crippen LogP contribution in [-0.2, 0) is 10.0 Å². The number of nitrogens with one attached hydrogen (secondary N) is 1. The highest BCUT2D eigenvalue weighted by atomic mass is 32.2. The number of hydrogen-bond donors (Lipinski definition) is 2. The Kier molecular flexibility index (Phi) is 5.53. The van der Waals surface area contributed by atoms with Gasteiger partial charge in [0.2, 0.25) is 10.0 Å². The normalized spacial score (nSPS) is 16.2. The largest absolute Gasteiger partial charge is 0.506 e. The molecule has 1 aliphatic rings. The number of carbonyl (C=O) groups excluding carboxylic acids is 1. The molecule has 2 aromatic carbocycles. The molecule has 0 atom stereocenters. The highest BCUT2D eigenvalue weighted by Gasteiger charge is 2.28. The number of carbonyl (C=O) groups is 1. The second-order valence-corrected chi connectivity index (χ2v) is 9.02. The number of anilines is 1. The summed E-state index contributed by atoms with van der Waals surface area (Å²) in [7, 11) is -3.54. The molecule has 3 rings (SSSR count). The van der Waals surface area contributed by atoms with Crippen molar-refractivity contribution in [2.24, 2.45) is 5.92 Å². The second-order valence-electron chi connectivity index (χ2n) is 7.09.